The van der Waals surface area contributed by atoms with Gasteiger partial charge in [0.25, 0.3) is 5.91 Å². The number of amides is 3. The minimum Gasteiger partial charge on any atom is -0.485 e. The number of ether oxygens (including phenoxy) is 2. The van der Waals surface area contributed by atoms with Gasteiger partial charge in [0, 0.05) is 31.9 Å². The highest BCUT2D eigenvalue weighted by molar-refractivity contribution is 5.89. The fourth-order valence-electron chi connectivity index (χ4n) is 3.20. The SMILES string of the molecule is O=C(Nc1ccccc1)N1CCN(C(=O)[C@@H]2COc3ccccc3O2)CC1. The lowest BCUT2D eigenvalue weighted by molar-refractivity contribution is -0.142. The Balaban J connectivity index is 1.30. The number of para-hydroxylation sites is 3. The standard InChI is InChI=1S/C20H21N3O4/c24-19(18-14-26-16-8-4-5-9-17(16)27-18)22-10-12-23(13-11-22)20(25)21-15-6-2-1-3-7-15/h1-9,18H,10-14H2,(H,21,25)/t18-/m0/s1. The molecule has 27 heavy (non-hydrogen) atoms. The number of benzene rings is 2. The van der Waals surface area contributed by atoms with Gasteiger partial charge in [-0.05, 0) is 24.3 Å². The van der Waals surface area contributed by atoms with Crippen LogP contribution in [0.25, 0.3) is 0 Å². The van der Waals surface area contributed by atoms with Crippen molar-refractivity contribution in [3.05, 3.63) is 54.6 Å². The lowest BCUT2D eigenvalue weighted by Crippen LogP contribution is -2.55. The van der Waals surface area contributed by atoms with Crippen LogP contribution in [0.3, 0.4) is 0 Å². The first-order valence-corrected chi connectivity index (χ1v) is 8.99. The van der Waals surface area contributed by atoms with Gasteiger partial charge in [0.2, 0.25) is 6.10 Å². The van der Waals surface area contributed by atoms with Gasteiger partial charge in [-0.1, -0.05) is 30.3 Å². The Labute approximate surface area is 157 Å². The fourth-order valence-corrected chi connectivity index (χ4v) is 3.20. The third-order valence-corrected chi connectivity index (χ3v) is 4.69. The summed E-state index contributed by atoms with van der Waals surface area (Å²) in [6.45, 7) is 2.11. The van der Waals surface area contributed by atoms with Crippen molar-refractivity contribution < 1.29 is 19.1 Å². The maximum atomic E-state index is 12.7. The lowest BCUT2D eigenvalue weighted by Gasteiger charge is -2.37. The quantitative estimate of drug-likeness (QED) is 0.883. The van der Waals surface area contributed by atoms with Crippen molar-refractivity contribution in [1.29, 1.82) is 0 Å². The maximum absolute atomic E-state index is 12.7. The third-order valence-electron chi connectivity index (χ3n) is 4.69. The van der Waals surface area contributed by atoms with E-state index in [1.807, 2.05) is 48.5 Å². The van der Waals surface area contributed by atoms with E-state index >= 15 is 0 Å². The molecule has 0 aromatic heterocycles. The van der Waals surface area contributed by atoms with Crippen LogP contribution >= 0.6 is 0 Å². The number of carbonyl (C=O) groups is 2. The molecular weight excluding hydrogens is 346 g/mol. The van der Waals surface area contributed by atoms with Crippen molar-refractivity contribution in [2.45, 2.75) is 6.10 Å². The number of carbonyl (C=O) groups excluding carboxylic acids is 2. The molecule has 2 heterocycles. The van der Waals surface area contributed by atoms with E-state index in [-0.39, 0.29) is 18.5 Å². The van der Waals surface area contributed by atoms with Crippen LogP contribution in [0.4, 0.5) is 10.5 Å². The molecule has 2 aromatic carbocycles. The number of rotatable bonds is 2. The summed E-state index contributed by atoms with van der Waals surface area (Å²) in [5, 5.41) is 2.87. The molecule has 2 aliphatic heterocycles. The molecule has 2 aliphatic rings. The Hall–Kier alpha value is -3.22. The van der Waals surface area contributed by atoms with E-state index < -0.39 is 6.10 Å². The van der Waals surface area contributed by atoms with Crippen molar-refractivity contribution in [1.82, 2.24) is 9.80 Å². The van der Waals surface area contributed by atoms with Crippen molar-refractivity contribution in [2.75, 3.05) is 38.1 Å². The molecule has 0 radical (unpaired) electrons. The summed E-state index contributed by atoms with van der Waals surface area (Å²) in [4.78, 5) is 28.5. The Morgan fingerprint density at radius 2 is 1.48 bits per heavy atom. The molecule has 7 nitrogen and oxygen atoms in total. The van der Waals surface area contributed by atoms with Gasteiger partial charge in [0.1, 0.15) is 6.61 Å². The summed E-state index contributed by atoms with van der Waals surface area (Å²) >= 11 is 0. The average molecular weight is 367 g/mol. The number of hydrogen-bond donors (Lipinski definition) is 1. The minimum atomic E-state index is -0.649. The van der Waals surface area contributed by atoms with Gasteiger partial charge in [-0.25, -0.2) is 4.79 Å². The Bertz CT molecular complexity index is 819. The van der Waals surface area contributed by atoms with E-state index in [2.05, 4.69) is 5.32 Å². The van der Waals surface area contributed by atoms with Crippen LogP contribution in [0.15, 0.2) is 54.6 Å². The summed E-state index contributed by atoms with van der Waals surface area (Å²) < 4.78 is 11.4. The topological polar surface area (TPSA) is 71.1 Å². The number of urea groups is 1. The number of anilines is 1. The molecule has 7 heteroatoms. The van der Waals surface area contributed by atoms with Gasteiger partial charge in [-0.15, -0.1) is 0 Å². The summed E-state index contributed by atoms with van der Waals surface area (Å²) in [6, 6.07) is 16.5. The minimum absolute atomic E-state index is 0.104. The highest BCUT2D eigenvalue weighted by atomic mass is 16.6. The average Bonchev–Trinajstić information content (AvgIpc) is 2.73. The molecule has 1 fully saturated rings. The van der Waals surface area contributed by atoms with E-state index in [0.717, 1.165) is 5.69 Å². The second-order valence-electron chi connectivity index (χ2n) is 6.47. The van der Waals surface area contributed by atoms with Crippen molar-refractivity contribution >= 4 is 17.6 Å². The van der Waals surface area contributed by atoms with E-state index in [9.17, 15) is 9.59 Å². The molecule has 0 saturated carbocycles. The normalized spacial score (nSPS) is 18.7. The molecule has 0 spiro atoms. The van der Waals surface area contributed by atoms with Gasteiger partial charge >= 0.3 is 6.03 Å². The second-order valence-corrected chi connectivity index (χ2v) is 6.47. The van der Waals surface area contributed by atoms with Gasteiger partial charge in [0.05, 0.1) is 0 Å². The predicted molar refractivity (Wildman–Crippen MR) is 100.0 cm³/mol. The van der Waals surface area contributed by atoms with E-state index in [1.165, 1.54) is 0 Å². The van der Waals surface area contributed by atoms with Crippen molar-refractivity contribution in [3.63, 3.8) is 0 Å². The molecule has 1 N–H and O–H groups in total. The molecule has 0 bridgehead atoms. The van der Waals surface area contributed by atoms with Crippen LogP contribution in [0.2, 0.25) is 0 Å². The van der Waals surface area contributed by atoms with Crippen LogP contribution in [-0.2, 0) is 4.79 Å². The number of nitrogens with zero attached hydrogens (tertiary/aromatic N) is 2. The zero-order chi connectivity index (χ0) is 18.6. The van der Waals surface area contributed by atoms with Crippen molar-refractivity contribution in [2.24, 2.45) is 0 Å². The van der Waals surface area contributed by atoms with Gasteiger partial charge in [-0.2, -0.15) is 0 Å². The van der Waals surface area contributed by atoms with Gasteiger partial charge in [-0.3, -0.25) is 4.79 Å². The Kier molecular flexibility index (Phi) is 4.82. The smallest absolute Gasteiger partial charge is 0.321 e. The molecule has 0 aliphatic carbocycles. The summed E-state index contributed by atoms with van der Waals surface area (Å²) in [5.74, 6) is 1.14. The highest BCUT2D eigenvalue weighted by Gasteiger charge is 2.33. The van der Waals surface area contributed by atoms with Crippen molar-refractivity contribution in [3.8, 4) is 11.5 Å². The van der Waals surface area contributed by atoms with Gasteiger partial charge in [0.15, 0.2) is 11.5 Å². The molecule has 1 saturated heterocycles. The maximum Gasteiger partial charge on any atom is 0.321 e. The number of nitrogens with one attached hydrogen (secondary N) is 1. The van der Waals surface area contributed by atoms with E-state index in [0.29, 0.717) is 37.7 Å². The predicted octanol–water partition coefficient (Wildman–Crippen LogP) is 2.20. The molecule has 3 amide bonds. The molecule has 140 valence electrons. The van der Waals surface area contributed by atoms with Crippen LogP contribution in [0, 0.1) is 0 Å². The zero-order valence-corrected chi connectivity index (χ0v) is 14.8. The van der Waals surface area contributed by atoms with E-state index in [1.54, 1.807) is 15.9 Å². The first-order valence-electron chi connectivity index (χ1n) is 8.99. The fraction of sp³-hybridized carbons (Fsp3) is 0.300. The van der Waals surface area contributed by atoms with Crippen LogP contribution < -0.4 is 14.8 Å². The van der Waals surface area contributed by atoms with E-state index in [4.69, 9.17) is 9.47 Å². The third kappa shape index (κ3) is 3.81. The molecule has 0 unspecified atom stereocenters. The second kappa shape index (κ2) is 7.57. The molecular formula is C20H21N3O4. The molecule has 2 aromatic rings. The number of hydrogen-bond acceptors (Lipinski definition) is 4. The summed E-state index contributed by atoms with van der Waals surface area (Å²) in [6.07, 6.45) is -0.649. The first kappa shape index (κ1) is 17.2. The highest BCUT2D eigenvalue weighted by Crippen LogP contribution is 2.31. The molecule has 1 atom stereocenters. The lowest BCUT2D eigenvalue weighted by atomic mass is 10.2. The summed E-state index contributed by atoms with van der Waals surface area (Å²) in [5.41, 5.74) is 0.757. The van der Waals surface area contributed by atoms with Crippen LogP contribution in [0.1, 0.15) is 0 Å². The first-order chi connectivity index (χ1) is 13.2. The summed E-state index contributed by atoms with van der Waals surface area (Å²) in [7, 11) is 0. The number of fused-ring (bicyclic) bond motifs is 1. The monoisotopic (exact) mass is 367 g/mol. The number of piperazine rings is 1. The molecule has 4 rings (SSSR count). The Morgan fingerprint density at radius 1 is 0.852 bits per heavy atom. The Morgan fingerprint density at radius 3 is 2.22 bits per heavy atom. The zero-order valence-electron chi connectivity index (χ0n) is 14.8. The van der Waals surface area contributed by atoms with Gasteiger partial charge < -0.3 is 24.6 Å². The largest absolute Gasteiger partial charge is 0.485 e. The van der Waals surface area contributed by atoms with Crippen LogP contribution in [-0.4, -0.2) is 60.6 Å². The van der Waals surface area contributed by atoms with Crippen LogP contribution in [0.5, 0.6) is 11.5 Å².